The van der Waals surface area contributed by atoms with Crippen LogP contribution in [0.2, 0.25) is 0 Å². The molecule has 2 atom stereocenters. The van der Waals surface area contributed by atoms with E-state index >= 15 is 0 Å². The summed E-state index contributed by atoms with van der Waals surface area (Å²) in [6, 6.07) is 13.9. The number of amides is 1. The molecule has 4 rings (SSSR count). The van der Waals surface area contributed by atoms with Crippen molar-refractivity contribution in [3.63, 3.8) is 0 Å². The Kier molecular flexibility index (Phi) is 8.35. The van der Waals surface area contributed by atoms with Crippen molar-refractivity contribution in [1.82, 2.24) is 9.62 Å². The number of sulfonamides is 1. The highest BCUT2D eigenvalue weighted by Gasteiger charge is 2.41. The fourth-order valence-electron chi connectivity index (χ4n) is 4.54. The van der Waals surface area contributed by atoms with E-state index in [2.05, 4.69) is 5.32 Å². The molecule has 0 aromatic heterocycles. The molecule has 0 bridgehead atoms. The van der Waals surface area contributed by atoms with E-state index in [1.54, 1.807) is 24.3 Å². The summed E-state index contributed by atoms with van der Waals surface area (Å²) in [5.41, 5.74) is 1.78. The molecule has 0 unspecified atom stereocenters. The molecule has 3 aromatic rings. The number of fused-ring (bicyclic) bond motifs is 1. The smallest absolute Gasteiger partial charge is 0.326 e. The van der Waals surface area contributed by atoms with Crippen molar-refractivity contribution in [1.29, 1.82) is 0 Å². The zero-order chi connectivity index (χ0) is 29.0. The largest absolute Gasteiger partial charge is 0.493 e. The molecule has 2 N–H and O–H groups in total. The summed E-state index contributed by atoms with van der Waals surface area (Å²) in [4.78, 5) is 35.8. The summed E-state index contributed by atoms with van der Waals surface area (Å²) < 4.78 is 39.2. The van der Waals surface area contributed by atoms with Gasteiger partial charge in [-0.3, -0.25) is 14.9 Å². The first-order chi connectivity index (χ1) is 19.0. The van der Waals surface area contributed by atoms with Crippen LogP contribution in [0, 0.1) is 10.1 Å². The SMILES string of the molecule is COc1ccc(S(=O)(=O)N2Cc3ccccc3C[C@H]2C(=O)N[C@@H](Cc2ccc([N+](=O)[O-])cc2)C(=O)O)cc1OC. The molecule has 0 aliphatic carbocycles. The normalized spacial score (nSPS) is 15.9. The van der Waals surface area contributed by atoms with Crippen LogP contribution in [0.15, 0.2) is 71.6 Å². The number of nitrogens with one attached hydrogen (secondary N) is 1. The first-order valence-corrected chi connectivity index (χ1v) is 13.6. The van der Waals surface area contributed by atoms with Crippen LogP contribution in [-0.2, 0) is 39.0 Å². The Morgan fingerprint density at radius 2 is 1.70 bits per heavy atom. The molecule has 0 fully saturated rings. The quantitative estimate of drug-likeness (QED) is 0.276. The van der Waals surface area contributed by atoms with E-state index in [0.717, 1.165) is 15.4 Å². The van der Waals surface area contributed by atoms with Crippen LogP contribution in [0.4, 0.5) is 5.69 Å². The van der Waals surface area contributed by atoms with Crippen LogP contribution >= 0.6 is 0 Å². The lowest BCUT2D eigenvalue weighted by atomic mass is 9.95. The number of hydrogen-bond donors (Lipinski definition) is 2. The minimum atomic E-state index is -4.26. The minimum Gasteiger partial charge on any atom is -0.493 e. The van der Waals surface area contributed by atoms with Crippen molar-refractivity contribution in [3.8, 4) is 11.5 Å². The number of benzene rings is 3. The lowest BCUT2D eigenvalue weighted by Crippen LogP contribution is -2.55. The first kappa shape index (κ1) is 28.5. The summed E-state index contributed by atoms with van der Waals surface area (Å²) in [5, 5.41) is 23.2. The summed E-state index contributed by atoms with van der Waals surface area (Å²) in [5.74, 6) is -1.60. The average Bonchev–Trinajstić information content (AvgIpc) is 2.95. The van der Waals surface area contributed by atoms with E-state index in [1.165, 1.54) is 56.7 Å². The van der Waals surface area contributed by atoms with Crippen molar-refractivity contribution in [3.05, 3.63) is 93.5 Å². The van der Waals surface area contributed by atoms with Gasteiger partial charge in [0.25, 0.3) is 5.69 Å². The number of rotatable bonds is 10. The van der Waals surface area contributed by atoms with Gasteiger partial charge in [0.15, 0.2) is 11.5 Å². The molecular formula is C27H27N3O9S. The number of nitro groups is 1. The Morgan fingerprint density at radius 1 is 1.05 bits per heavy atom. The second-order valence-corrected chi connectivity index (χ2v) is 11.0. The van der Waals surface area contributed by atoms with Gasteiger partial charge in [-0.05, 0) is 35.2 Å². The van der Waals surface area contributed by atoms with Gasteiger partial charge in [0.2, 0.25) is 15.9 Å². The minimum absolute atomic E-state index is 0.0262. The molecule has 1 heterocycles. The van der Waals surface area contributed by atoms with E-state index in [4.69, 9.17) is 9.47 Å². The van der Waals surface area contributed by atoms with Gasteiger partial charge in [-0.15, -0.1) is 0 Å². The number of methoxy groups -OCH3 is 2. The van der Waals surface area contributed by atoms with E-state index in [9.17, 15) is 33.2 Å². The molecule has 0 radical (unpaired) electrons. The van der Waals surface area contributed by atoms with E-state index in [-0.39, 0.29) is 35.7 Å². The molecule has 0 spiro atoms. The van der Waals surface area contributed by atoms with Crippen LogP contribution in [0.3, 0.4) is 0 Å². The van der Waals surface area contributed by atoms with Gasteiger partial charge in [-0.1, -0.05) is 36.4 Å². The lowest BCUT2D eigenvalue weighted by molar-refractivity contribution is -0.384. The Labute approximate surface area is 230 Å². The number of nitrogens with zero attached hydrogens (tertiary/aromatic N) is 2. The fraction of sp³-hybridized carbons (Fsp3) is 0.259. The highest BCUT2D eigenvalue weighted by atomic mass is 32.2. The summed E-state index contributed by atoms with van der Waals surface area (Å²) in [6.45, 7) is -0.106. The molecule has 1 amide bonds. The van der Waals surface area contributed by atoms with Crippen molar-refractivity contribution in [2.75, 3.05) is 14.2 Å². The van der Waals surface area contributed by atoms with Gasteiger partial charge in [0, 0.05) is 31.2 Å². The Bertz CT molecular complexity index is 1540. The molecule has 40 heavy (non-hydrogen) atoms. The molecule has 1 aliphatic rings. The second kappa shape index (κ2) is 11.7. The maximum atomic E-state index is 13.9. The van der Waals surface area contributed by atoms with Crippen LogP contribution in [0.25, 0.3) is 0 Å². The molecule has 3 aromatic carbocycles. The van der Waals surface area contributed by atoms with E-state index < -0.39 is 38.9 Å². The monoisotopic (exact) mass is 569 g/mol. The summed E-state index contributed by atoms with van der Waals surface area (Å²) in [7, 11) is -1.46. The molecule has 1 aliphatic heterocycles. The third-order valence-corrected chi connectivity index (χ3v) is 8.52. The van der Waals surface area contributed by atoms with Crippen LogP contribution in [0.1, 0.15) is 16.7 Å². The highest BCUT2D eigenvalue weighted by molar-refractivity contribution is 7.89. The predicted molar refractivity (Wildman–Crippen MR) is 143 cm³/mol. The number of non-ortho nitro benzene ring substituents is 1. The molecule has 12 nitrogen and oxygen atoms in total. The van der Waals surface area contributed by atoms with Crippen LogP contribution in [-0.4, -0.2) is 60.9 Å². The number of hydrogen-bond acceptors (Lipinski definition) is 8. The number of carbonyl (C=O) groups is 2. The zero-order valence-electron chi connectivity index (χ0n) is 21.6. The van der Waals surface area contributed by atoms with E-state index in [0.29, 0.717) is 11.3 Å². The number of nitro benzene ring substituents is 1. The Morgan fingerprint density at radius 3 is 2.30 bits per heavy atom. The van der Waals surface area contributed by atoms with Gasteiger partial charge in [0.1, 0.15) is 12.1 Å². The molecule has 0 saturated heterocycles. The Balaban J connectivity index is 1.65. The maximum Gasteiger partial charge on any atom is 0.326 e. The third kappa shape index (κ3) is 5.90. The number of carbonyl (C=O) groups excluding carboxylic acids is 1. The van der Waals surface area contributed by atoms with Gasteiger partial charge < -0.3 is 19.9 Å². The van der Waals surface area contributed by atoms with Gasteiger partial charge in [-0.25, -0.2) is 13.2 Å². The van der Waals surface area contributed by atoms with Crippen molar-refractivity contribution < 1.29 is 37.5 Å². The van der Waals surface area contributed by atoms with Crippen LogP contribution in [0.5, 0.6) is 11.5 Å². The fourth-order valence-corrected chi connectivity index (χ4v) is 6.13. The topological polar surface area (TPSA) is 165 Å². The summed E-state index contributed by atoms with van der Waals surface area (Å²) in [6.07, 6.45) is -0.136. The summed E-state index contributed by atoms with van der Waals surface area (Å²) >= 11 is 0. The van der Waals surface area contributed by atoms with E-state index in [1.807, 2.05) is 0 Å². The van der Waals surface area contributed by atoms with Crippen molar-refractivity contribution >= 4 is 27.6 Å². The zero-order valence-corrected chi connectivity index (χ0v) is 22.5. The third-order valence-electron chi connectivity index (χ3n) is 6.67. The number of aliphatic carboxylic acids is 1. The average molecular weight is 570 g/mol. The number of carboxylic acid groups (broad SMARTS) is 1. The van der Waals surface area contributed by atoms with Gasteiger partial charge >= 0.3 is 5.97 Å². The number of ether oxygens (including phenoxy) is 2. The number of carboxylic acids is 1. The molecule has 210 valence electrons. The molecular weight excluding hydrogens is 542 g/mol. The van der Waals surface area contributed by atoms with Gasteiger partial charge in [-0.2, -0.15) is 4.31 Å². The molecule has 13 heteroatoms. The Hall–Kier alpha value is -4.49. The van der Waals surface area contributed by atoms with Crippen LogP contribution < -0.4 is 14.8 Å². The standard InChI is InChI=1S/C27H27N3O9S/c1-38-24-12-11-21(15-25(24)39-2)40(36,37)29-16-19-6-4-3-5-18(19)14-23(29)26(31)28-22(27(32)33)13-17-7-9-20(10-8-17)30(34)35/h3-12,15,22-23H,13-14,16H2,1-2H3,(H,28,31)(H,32,33)/t22-,23-/m0/s1. The second-order valence-electron chi connectivity index (χ2n) is 9.08. The highest BCUT2D eigenvalue weighted by Crippen LogP contribution is 2.34. The lowest BCUT2D eigenvalue weighted by Gasteiger charge is -2.35. The molecule has 0 saturated carbocycles. The first-order valence-electron chi connectivity index (χ1n) is 12.1. The predicted octanol–water partition coefficient (Wildman–Crippen LogP) is 2.54. The van der Waals surface area contributed by atoms with Crippen molar-refractivity contribution in [2.45, 2.75) is 36.4 Å². The maximum absolute atomic E-state index is 13.9. The van der Waals surface area contributed by atoms with Crippen molar-refractivity contribution in [2.24, 2.45) is 0 Å². The van der Waals surface area contributed by atoms with Gasteiger partial charge in [0.05, 0.1) is 24.0 Å².